The van der Waals surface area contributed by atoms with Gasteiger partial charge in [0.1, 0.15) is 0 Å². The lowest BCUT2D eigenvalue weighted by molar-refractivity contribution is 1.10. The predicted molar refractivity (Wildman–Crippen MR) is 192 cm³/mol. The first-order valence-electron chi connectivity index (χ1n) is 15.7. The van der Waals surface area contributed by atoms with Crippen molar-refractivity contribution in [1.29, 1.82) is 0 Å². The number of rotatable bonds is 3. The maximum atomic E-state index is 2.46. The van der Waals surface area contributed by atoms with Crippen LogP contribution in [0.4, 0.5) is 51.2 Å². The SMILES string of the molecule is c1ccc(N2c3ccccc3N3c4ccccc4N(c4ccccc4)c4cc(-n5c6ccccc6c6ccccc65)cc2c43)cc1. The molecule has 10 rings (SSSR count). The van der Waals surface area contributed by atoms with Crippen molar-refractivity contribution in [3.05, 3.63) is 170 Å². The van der Waals surface area contributed by atoms with Crippen molar-refractivity contribution in [3.8, 4) is 5.69 Å². The summed E-state index contributed by atoms with van der Waals surface area (Å²) in [5.41, 5.74) is 13.8. The quantitative estimate of drug-likeness (QED) is 0.204. The van der Waals surface area contributed by atoms with Crippen LogP contribution < -0.4 is 14.7 Å². The molecule has 0 unspecified atom stereocenters. The number of aromatic nitrogens is 1. The van der Waals surface area contributed by atoms with Crippen LogP contribution in [0.2, 0.25) is 0 Å². The van der Waals surface area contributed by atoms with Crippen LogP contribution in [0.3, 0.4) is 0 Å². The van der Waals surface area contributed by atoms with Crippen LogP contribution >= 0.6 is 0 Å². The molecule has 1 aromatic heterocycles. The number of fused-ring (bicyclic) bond motifs is 7. The summed E-state index contributed by atoms with van der Waals surface area (Å²) >= 11 is 0. The minimum Gasteiger partial charge on any atom is -0.309 e. The van der Waals surface area contributed by atoms with E-state index < -0.39 is 0 Å². The highest BCUT2D eigenvalue weighted by molar-refractivity contribution is 6.14. The molecule has 0 fully saturated rings. The highest BCUT2D eigenvalue weighted by Gasteiger charge is 2.39. The van der Waals surface area contributed by atoms with E-state index in [0.29, 0.717) is 0 Å². The molecule has 3 heterocycles. The van der Waals surface area contributed by atoms with Crippen LogP contribution in [0.25, 0.3) is 27.5 Å². The van der Waals surface area contributed by atoms with Crippen molar-refractivity contribution in [1.82, 2.24) is 4.57 Å². The molecule has 0 radical (unpaired) electrons. The van der Waals surface area contributed by atoms with Gasteiger partial charge in [-0.25, -0.2) is 0 Å². The van der Waals surface area contributed by atoms with Gasteiger partial charge in [-0.1, -0.05) is 97.1 Å². The molecule has 8 aromatic rings. The maximum absolute atomic E-state index is 2.46. The standard InChI is InChI=1S/C42H28N4/c1-3-15-29(16-4-1)43-36-23-11-13-25-38(36)46-39-26-14-12-24-37(39)44(30-17-5-2-6-18-30)41-28-31(27-40(43)42(41)46)45-34-21-9-7-19-32(34)33-20-8-10-22-35(33)45/h1-28H. The molecule has 216 valence electrons. The molecular formula is C42H28N4. The topological polar surface area (TPSA) is 14.7 Å². The second-order valence-electron chi connectivity index (χ2n) is 11.9. The number of nitrogens with zero attached hydrogens (tertiary/aromatic N) is 4. The molecule has 0 saturated heterocycles. The van der Waals surface area contributed by atoms with Gasteiger partial charge in [-0.3, -0.25) is 0 Å². The van der Waals surface area contributed by atoms with Gasteiger partial charge >= 0.3 is 0 Å². The zero-order valence-corrected chi connectivity index (χ0v) is 25.0. The third kappa shape index (κ3) is 3.44. The second kappa shape index (κ2) is 9.62. The number of anilines is 9. The largest absolute Gasteiger partial charge is 0.309 e. The van der Waals surface area contributed by atoms with Gasteiger partial charge < -0.3 is 19.3 Å². The van der Waals surface area contributed by atoms with Crippen LogP contribution in [0.15, 0.2) is 170 Å². The Morgan fingerprint density at radius 1 is 0.283 bits per heavy atom. The van der Waals surface area contributed by atoms with Gasteiger partial charge in [-0.15, -0.1) is 0 Å². The van der Waals surface area contributed by atoms with Gasteiger partial charge in [0.15, 0.2) is 0 Å². The van der Waals surface area contributed by atoms with E-state index in [1.54, 1.807) is 0 Å². The van der Waals surface area contributed by atoms with E-state index in [0.717, 1.165) is 56.9 Å². The Bertz CT molecular complexity index is 2280. The van der Waals surface area contributed by atoms with Crippen molar-refractivity contribution in [2.24, 2.45) is 0 Å². The number of hydrogen-bond acceptors (Lipinski definition) is 3. The Kier molecular flexibility index (Phi) is 5.25. The molecule has 0 bridgehead atoms. The zero-order chi connectivity index (χ0) is 30.2. The van der Waals surface area contributed by atoms with Crippen molar-refractivity contribution in [2.75, 3.05) is 14.7 Å². The van der Waals surface area contributed by atoms with Crippen LogP contribution in [-0.4, -0.2) is 4.57 Å². The smallest absolute Gasteiger partial charge is 0.0949 e. The third-order valence-electron chi connectivity index (χ3n) is 9.35. The zero-order valence-electron chi connectivity index (χ0n) is 25.0. The van der Waals surface area contributed by atoms with Crippen LogP contribution in [0.5, 0.6) is 0 Å². The molecule has 0 amide bonds. The van der Waals surface area contributed by atoms with Crippen molar-refractivity contribution in [3.63, 3.8) is 0 Å². The van der Waals surface area contributed by atoms with Gasteiger partial charge in [0.2, 0.25) is 0 Å². The lowest BCUT2D eigenvalue weighted by atomic mass is 9.98. The fraction of sp³-hybridized carbons (Fsp3) is 0. The molecule has 46 heavy (non-hydrogen) atoms. The summed E-state index contributed by atoms with van der Waals surface area (Å²) < 4.78 is 2.43. The van der Waals surface area contributed by atoms with E-state index >= 15 is 0 Å². The minimum absolute atomic E-state index is 1.12. The van der Waals surface area contributed by atoms with Crippen LogP contribution in [0, 0.1) is 0 Å². The summed E-state index contributed by atoms with van der Waals surface area (Å²) in [6, 6.07) is 61.3. The molecule has 2 aliphatic rings. The average molecular weight is 589 g/mol. The van der Waals surface area contributed by atoms with Crippen molar-refractivity contribution >= 4 is 73.0 Å². The number of benzene rings is 7. The Labute approximate surface area is 267 Å². The van der Waals surface area contributed by atoms with Crippen molar-refractivity contribution in [2.45, 2.75) is 0 Å². The summed E-state index contributed by atoms with van der Waals surface area (Å²) in [4.78, 5) is 7.32. The third-order valence-corrected chi connectivity index (χ3v) is 9.35. The molecule has 2 aliphatic heterocycles. The Morgan fingerprint density at radius 2 is 0.652 bits per heavy atom. The van der Waals surface area contributed by atoms with E-state index in [1.807, 2.05) is 0 Å². The highest BCUT2D eigenvalue weighted by atomic mass is 15.3. The Morgan fingerprint density at radius 3 is 1.11 bits per heavy atom. The molecular weight excluding hydrogens is 560 g/mol. The van der Waals surface area contributed by atoms with E-state index in [4.69, 9.17) is 0 Å². The summed E-state index contributed by atoms with van der Waals surface area (Å²) in [7, 11) is 0. The van der Waals surface area contributed by atoms with Crippen LogP contribution in [-0.2, 0) is 0 Å². The Hall–Kier alpha value is -6.26. The predicted octanol–water partition coefficient (Wildman–Crippen LogP) is 11.8. The molecule has 0 atom stereocenters. The maximum Gasteiger partial charge on any atom is 0.0949 e. The Balaban J connectivity index is 1.38. The minimum atomic E-state index is 1.12. The van der Waals surface area contributed by atoms with Gasteiger partial charge in [-0.05, 0) is 72.8 Å². The first-order chi connectivity index (χ1) is 22.9. The summed E-state index contributed by atoms with van der Waals surface area (Å²) in [6.07, 6.45) is 0. The normalized spacial score (nSPS) is 13.1. The first-order valence-corrected chi connectivity index (χ1v) is 15.7. The van der Waals surface area contributed by atoms with E-state index in [9.17, 15) is 0 Å². The molecule has 7 aromatic carbocycles. The summed E-state index contributed by atoms with van der Waals surface area (Å²) in [5.74, 6) is 0. The highest BCUT2D eigenvalue weighted by Crippen LogP contribution is 2.63. The second-order valence-corrected chi connectivity index (χ2v) is 11.9. The molecule has 0 N–H and O–H groups in total. The average Bonchev–Trinajstić information content (AvgIpc) is 3.46. The van der Waals surface area contributed by atoms with Gasteiger partial charge in [-0.2, -0.15) is 0 Å². The number of hydrogen-bond donors (Lipinski definition) is 0. The van der Waals surface area contributed by atoms with Gasteiger partial charge in [0, 0.05) is 22.1 Å². The van der Waals surface area contributed by atoms with E-state index in [-0.39, 0.29) is 0 Å². The van der Waals surface area contributed by atoms with Crippen LogP contribution in [0.1, 0.15) is 0 Å². The van der Waals surface area contributed by atoms with Gasteiger partial charge in [0.25, 0.3) is 0 Å². The van der Waals surface area contributed by atoms with Crippen molar-refractivity contribution < 1.29 is 0 Å². The van der Waals surface area contributed by atoms with Gasteiger partial charge in [0.05, 0.1) is 56.5 Å². The van der Waals surface area contributed by atoms with E-state index in [1.165, 1.54) is 21.8 Å². The fourth-order valence-corrected chi connectivity index (χ4v) is 7.51. The lowest BCUT2D eigenvalue weighted by Gasteiger charge is -2.47. The molecule has 0 aliphatic carbocycles. The monoisotopic (exact) mass is 588 g/mol. The first kappa shape index (κ1) is 25.1. The molecule has 0 spiro atoms. The summed E-state index contributed by atoms with van der Waals surface area (Å²) in [5, 5.41) is 2.50. The molecule has 4 heteroatoms. The van der Waals surface area contributed by atoms with E-state index in [2.05, 4.69) is 189 Å². The molecule has 4 nitrogen and oxygen atoms in total. The molecule has 0 saturated carbocycles. The fourth-order valence-electron chi connectivity index (χ4n) is 7.51. The lowest BCUT2D eigenvalue weighted by Crippen LogP contribution is -2.30. The number of para-hydroxylation sites is 8. The summed E-state index contributed by atoms with van der Waals surface area (Å²) in [6.45, 7) is 0.